The summed E-state index contributed by atoms with van der Waals surface area (Å²) < 4.78 is 1.89. The fourth-order valence-electron chi connectivity index (χ4n) is 1.94. The van der Waals surface area contributed by atoms with Gasteiger partial charge in [-0.2, -0.15) is 0 Å². The molecule has 19 heavy (non-hydrogen) atoms. The first-order valence-corrected chi connectivity index (χ1v) is 6.51. The van der Waals surface area contributed by atoms with Gasteiger partial charge >= 0.3 is 0 Å². The average Bonchev–Trinajstić information content (AvgIpc) is 2.75. The molecule has 0 fully saturated rings. The van der Waals surface area contributed by atoms with Gasteiger partial charge in [-0.1, -0.05) is 26.0 Å². The van der Waals surface area contributed by atoms with E-state index in [0.29, 0.717) is 18.4 Å². The van der Waals surface area contributed by atoms with E-state index in [1.165, 1.54) is 0 Å². The molecule has 1 aromatic heterocycles. The standard InChI is InChI=1S/C14H20N4O/c1-10(2)8-16-13(19)9-18-12-7-5-4-6-11(12)17-14(18)15-3/h4-7,10H,8-9H2,1-3H3,(H,15,17)(H,16,19). The van der Waals surface area contributed by atoms with Gasteiger partial charge in [-0.15, -0.1) is 0 Å². The molecule has 1 heterocycles. The van der Waals surface area contributed by atoms with E-state index in [-0.39, 0.29) is 12.5 Å². The van der Waals surface area contributed by atoms with Crippen molar-refractivity contribution in [3.63, 3.8) is 0 Å². The minimum Gasteiger partial charge on any atom is -0.359 e. The van der Waals surface area contributed by atoms with Gasteiger partial charge in [-0.05, 0) is 18.1 Å². The summed E-state index contributed by atoms with van der Waals surface area (Å²) in [5, 5.41) is 5.95. The van der Waals surface area contributed by atoms with E-state index in [1.807, 2.05) is 35.9 Å². The highest BCUT2D eigenvalue weighted by Crippen LogP contribution is 2.18. The van der Waals surface area contributed by atoms with E-state index in [4.69, 9.17) is 0 Å². The minimum atomic E-state index is 0.00773. The van der Waals surface area contributed by atoms with Crippen molar-refractivity contribution in [2.45, 2.75) is 20.4 Å². The molecule has 0 aliphatic rings. The van der Waals surface area contributed by atoms with Crippen LogP contribution in [0.4, 0.5) is 5.95 Å². The van der Waals surface area contributed by atoms with Crippen LogP contribution in [0, 0.1) is 5.92 Å². The lowest BCUT2D eigenvalue weighted by Gasteiger charge is -2.10. The highest BCUT2D eigenvalue weighted by molar-refractivity contribution is 5.83. The van der Waals surface area contributed by atoms with Gasteiger partial charge in [0.25, 0.3) is 0 Å². The maximum atomic E-state index is 11.9. The predicted molar refractivity (Wildman–Crippen MR) is 77.1 cm³/mol. The van der Waals surface area contributed by atoms with Crippen molar-refractivity contribution in [3.8, 4) is 0 Å². The van der Waals surface area contributed by atoms with E-state index < -0.39 is 0 Å². The molecule has 0 bridgehead atoms. The Kier molecular flexibility index (Phi) is 4.04. The molecule has 0 saturated heterocycles. The zero-order chi connectivity index (χ0) is 13.8. The molecule has 0 saturated carbocycles. The summed E-state index contributed by atoms with van der Waals surface area (Å²) in [6.45, 7) is 5.13. The maximum absolute atomic E-state index is 11.9. The van der Waals surface area contributed by atoms with Crippen LogP contribution in [-0.4, -0.2) is 29.1 Å². The number of nitrogens with one attached hydrogen (secondary N) is 2. The van der Waals surface area contributed by atoms with E-state index in [0.717, 1.165) is 11.0 Å². The second kappa shape index (κ2) is 5.73. The number of amides is 1. The SMILES string of the molecule is CNc1nc2ccccc2n1CC(=O)NCC(C)C. The molecule has 0 aliphatic carbocycles. The van der Waals surface area contributed by atoms with Gasteiger partial charge in [0, 0.05) is 13.6 Å². The predicted octanol–water partition coefficient (Wildman–Crippen LogP) is 1.85. The molecular formula is C14H20N4O. The molecule has 0 spiro atoms. The van der Waals surface area contributed by atoms with Crippen molar-refractivity contribution in [3.05, 3.63) is 24.3 Å². The third-order valence-corrected chi connectivity index (χ3v) is 2.89. The smallest absolute Gasteiger partial charge is 0.240 e. The number of imidazole rings is 1. The monoisotopic (exact) mass is 260 g/mol. The zero-order valence-corrected chi connectivity index (χ0v) is 11.6. The molecule has 2 aromatic rings. The van der Waals surface area contributed by atoms with Gasteiger partial charge in [0.1, 0.15) is 6.54 Å². The lowest BCUT2D eigenvalue weighted by atomic mass is 10.2. The van der Waals surface area contributed by atoms with Crippen molar-refractivity contribution in [1.82, 2.24) is 14.9 Å². The van der Waals surface area contributed by atoms with E-state index in [2.05, 4.69) is 29.5 Å². The summed E-state index contributed by atoms with van der Waals surface area (Å²) >= 11 is 0. The number of nitrogens with zero attached hydrogens (tertiary/aromatic N) is 2. The number of hydrogen-bond acceptors (Lipinski definition) is 3. The Morgan fingerprint density at radius 1 is 1.37 bits per heavy atom. The van der Waals surface area contributed by atoms with Crippen LogP contribution >= 0.6 is 0 Å². The number of carbonyl (C=O) groups excluding carboxylic acids is 1. The molecule has 0 atom stereocenters. The summed E-state index contributed by atoms with van der Waals surface area (Å²) in [6, 6.07) is 7.81. The number of aromatic nitrogens is 2. The summed E-state index contributed by atoms with van der Waals surface area (Å²) in [5.41, 5.74) is 1.86. The van der Waals surface area contributed by atoms with Gasteiger partial charge in [-0.3, -0.25) is 4.79 Å². The van der Waals surface area contributed by atoms with Crippen LogP contribution in [0.15, 0.2) is 24.3 Å². The second-order valence-corrected chi connectivity index (χ2v) is 4.96. The number of rotatable bonds is 5. The number of fused-ring (bicyclic) bond motifs is 1. The molecule has 1 amide bonds. The molecule has 2 N–H and O–H groups in total. The molecule has 0 unspecified atom stereocenters. The summed E-state index contributed by atoms with van der Waals surface area (Å²) in [6.07, 6.45) is 0. The molecule has 102 valence electrons. The lowest BCUT2D eigenvalue weighted by Crippen LogP contribution is -2.30. The van der Waals surface area contributed by atoms with Crippen molar-refractivity contribution in [2.75, 3.05) is 18.9 Å². The van der Waals surface area contributed by atoms with Gasteiger partial charge in [0.2, 0.25) is 11.9 Å². The summed E-state index contributed by atoms with van der Waals surface area (Å²) in [5.74, 6) is 1.17. The van der Waals surface area contributed by atoms with Crippen molar-refractivity contribution in [1.29, 1.82) is 0 Å². The molecule has 1 aromatic carbocycles. The first-order valence-electron chi connectivity index (χ1n) is 6.51. The van der Waals surface area contributed by atoms with Gasteiger partial charge < -0.3 is 15.2 Å². The minimum absolute atomic E-state index is 0.00773. The Balaban J connectivity index is 2.21. The molecule has 5 nitrogen and oxygen atoms in total. The fraction of sp³-hybridized carbons (Fsp3) is 0.429. The van der Waals surface area contributed by atoms with Crippen LogP contribution in [0.5, 0.6) is 0 Å². The maximum Gasteiger partial charge on any atom is 0.240 e. The Labute approximate surface area is 113 Å². The fourth-order valence-corrected chi connectivity index (χ4v) is 1.94. The highest BCUT2D eigenvalue weighted by atomic mass is 16.1. The Bertz CT molecular complexity index is 574. The van der Waals surface area contributed by atoms with Crippen LogP contribution in [0.2, 0.25) is 0 Å². The molecular weight excluding hydrogens is 240 g/mol. The van der Waals surface area contributed by atoms with Gasteiger partial charge in [0.15, 0.2) is 0 Å². The van der Waals surface area contributed by atoms with E-state index >= 15 is 0 Å². The van der Waals surface area contributed by atoms with Crippen LogP contribution < -0.4 is 10.6 Å². The number of benzene rings is 1. The zero-order valence-electron chi connectivity index (χ0n) is 11.6. The number of carbonyl (C=O) groups is 1. The van der Waals surface area contributed by atoms with Crippen LogP contribution in [0.25, 0.3) is 11.0 Å². The van der Waals surface area contributed by atoms with Crippen molar-refractivity contribution >= 4 is 22.9 Å². The first kappa shape index (κ1) is 13.4. The average molecular weight is 260 g/mol. The highest BCUT2D eigenvalue weighted by Gasteiger charge is 2.12. The normalized spacial score (nSPS) is 10.9. The van der Waals surface area contributed by atoms with Gasteiger partial charge in [0.05, 0.1) is 11.0 Å². The Hall–Kier alpha value is -2.04. The molecule has 0 aliphatic heterocycles. The number of hydrogen-bond donors (Lipinski definition) is 2. The van der Waals surface area contributed by atoms with Crippen LogP contribution in [-0.2, 0) is 11.3 Å². The molecule has 5 heteroatoms. The van der Waals surface area contributed by atoms with Crippen LogP contribution in [0.1, 0.15) is 13.8 Å². The van der Waals surface area contributed by atoms with E-state index in [1.54, 1.807) is 0 Å². The molecule has 2 rings (SSSR count). The topological polar surface area (TPSA) is 59.0 Å². The van der Waals surface area contributed by atoms with Crippen molar-refractivity contribution in [2.24, 2.45) is 5.92 Å². The first-order chi connectivity index (χ1) is 9.11. The Morgan fingerprint density at radius 3 is 2.79 bits per heavy atom. The summed E-state index contributed by atoms with van der Waals surface area (Å²) in [4.78, 5) is 16.4. The lowest BCUT2D eigenvalue weighted by molar-refractivity contribution is -0.121. The largest absolute Gasteiger partial charge is 0.359 e. The quantitative estimate of drug-likeness (QED) is 0.862. The van der Waals surface area contributed by atoms with Gasteiger partial charge in [-0.25, -0.2) is 4.98 Å². The van der Waals surface area contributed by atoms with Crippen LogP contribution in [0.3, 0.4) is 0 Å². The van der Waals surface area contributed by atoms with Crippen molar-refractivity contribution < 1.29 is 4.79 Å². The summed E-state index contributed by atoms with van der Waals surface area (Å²) in [7, 11) is 1.81. The Morgan fingerprint density at radius 2 is 2.11 bits per heavy atom. The van der Waals surface area contributed by atoms with E-state index in [9.17, 15) is 4.79 Å². The third kappa shape index (κ3) is 3.05. The molecule has 0 radical (unpaired) electrons. The number of anilines is 1. The number of para-hydroxylation sites is 2. The second-order valence-electron chi connectivity index (χ2n) is 4.96. The third-order valence-electron chi connectivity index (χ3n) is 2.89.